The average Bonchev–Trinajstić information content (AvgIpc) is 1.98. The zero-order valence-electron chi connectivity index (χ0n) is 4.24. The molecule has 3 heteroatoms. The van der Waals surface area contributed by atoms with Gasteiger partial charge in [-0.05, 0) is 18.5 Å². The number of halogens is 2. The van der Waals surface area contributed by atoms with Gasteiger partial charge < -0.3 is 4.42 Å². The molecule has 0 N–H and O–H groups in total. The topological polar surface area (TPSA) is 13.1 Å². The average molecular weight is 151 g/mol. The molecule has 1 aromatic heterocycles. The van der Waals surface area contributed by atoms with Crippen LogP contribution in [0.3, 0.4) is 0 Å². The summed E-state index contributed by atoms with van der Waals surface area (Å²) in [6, 6.07) is 0. The van der Waals surface area contributed by atoms with E-state index in [0.717, 1.165) is 5.56 Å². The summed E-state index contributed by atoms with van der Waals surface area (Å²) in [5.74, 6) is 0. The van der Waals surface area contributed by atoms with E-state index in [0.29, 0.717) is 5.02 Å². The molecule has 0 amide bonds. The van der Waals surface area contributed by atoms with E-state index >= 15 is 0 Å². The molecule has 0 bridgehead atoms. The highest BCUT2D eigenvalue weighted by Crippen LogP contribution is 2.26. The number of furan rings is 1. The maximum absolute atomic E-state index is 5.57. The van der Waals surface area contributed by atoms with Crippen LogP contribution in [0.4, 0.5) is 0 Å². The highest BCUT2D eigenvalue weighted by atomic mass is 35.5. The number of rotatable bonds is 0. The number of aryl methyl sites for hydroxylation is 1. The normalized spacial score (nSPS) is 9.88. The highest BCUT2D eigenvalue weighted by molar-refractivity contribution is 6.41. The van der Waals surface area contributed by atoms with Crippen molar-refractivity contribution in [3.63, 3.8) is 0 Å². The molecule has 1 nitrogen and oxygen atoms in total. The lowest BCUT2D eigenvalue weighted by Crippen LogP contribution is -1.58. The summed E-state index contributed by atoms with van der Waals surface area (Å²) in [6.07, 6.45) is 1.52. The minimum Gasteiger partial charge on any atom is -0.451 e. The van der Waals surface area contributed by atoms with Crippen molar-refractivity contribution >= 4 is 23.2 Å². The molecule has 8 heavy (non-hydrogen) atoms. The third-order valence-corrected chi connectivity index (χ3v) is 1.70. The minimum absolute atomic E-state index is 0.268. The Bertz CT molecular complexity index is 173. The molecule has 0 unspecified atom stereocenters. The summed E-state index contributed by atoms with van der Waals surface area (Å²) >= 11 is 11.0. The van der Waals surface area contributed by atoms with Crippen LogP contribution in [-0.4, -0.2) is 0 Å². The molecule has 0 spiro atoms. The first-order chi connectivity index (χ1) is 3.72. The maximum Gasteiger partial charge on any atom is 0.211 e. The molecule has 0 aliphatic heterocycles. The van der Waals surface area contributed by atoms with E-state index in [2.05, 4.69) is 0 Å². The van der Waals surface area contributed by atoms with E-state index in [1.807, 2.05) is 6.92 Å². The zero-order valence-corrected chi connectivity index (χ0v) is 5.75. The van der Waals surface area contributed by atoms with Crippen LogP contribution < -0.4 is 0 Å². The molecule has 0 saturated carbocycles. The summed E-state index contributed by atoms with van der Waals surface area (Å²) in [4.78, 5) is 0. The quantitative estimate of drug-likeness (QED) is 0.555. The molecular weight excluding hydrogens is 147 g/mol. The van der Waals surface area contributed by atoms with Gasteiger partial charge in [0, 0.05) is 5.56 Å². The first-order valence-electron chi connectivity index (χ1n) is 2.11. The van der Waals surface area contributed by atoms with Gasteiger partial charge in [0.2, 0.25) is 5.22 Å². The number of hydrogen-bond donors (Lipinski definition) is 0. The van der Waals surface area contributed by atoms with Crippen LogP contribution in [0.25, 0.3) is 0 Å². The summed E-state index contributed by atoms with van der Waals surface area (Å²) < 4.78 is 4.73. The Morgan fingerprint density at radius 1 is 1.50 bits per heavy atom. The minimum atomic E-state index is 0.268. The molecule has 0 aliphatic rings. The molecule has 1 rings (SSSR count). The van der Waals surface area contributed by atoms with Crippen LogP contribution in [-0.2, 0) is 0 Å². The Hall–Kier alpha value is -0.140. The van der Waals surface area contributed by atoms with Crippen molar-refractivity contribution in [2.45, 2.75) is 6.92 Å². The van der Waals surface area contributed by atoms with Crippen LogP contribution in [0.5, 0.6) is 0 Å². The Morgan fingerprint density at radius 3 is 2.25 bits per heavy atom. The second-order valence-electron chi connectivity index (χ2n) is 1.51. The van der Waals surface area contributed by atoms with E-state index in [1.165, 1.54) is 6.26 Å². The van der Waals surface area contributed by atoms with Gasteiger partial charge in [-0.15, -0.1) is 0 Å². The van der Waals surface area contributed by atoms with E-state index in [9.17, 15) is 0 Å². The molecule has 0 saturated heterocycles. The van der Waals surface area contributed by atoms with Gasteiger partial charge >= 0.3 is 0 Å². The Kier molecular flexibility index (Phi) is 1.49. The van der Waals surface area contributed by atoms with Crippen molar-refractivity contribution in [2.75, 3.05) is 0 Å². The standard InChI is InChI=1S/C5H4Cl2O/c1-3-2-8-5(7)4(3)6/h2H,1H3. The zero-order chi connectivity index (χ0) is 6.15. The van der Waals surface area contributed by atoms with Crippen molar-refractivity contribution in [2.24, 2.45) is 0 Å². The lowest BCUT2D eigenvalue weighted by molar-refractivity contribution is 0.567. The van der Waals surface area contributed by atoms with Crippen molar-refractivity contribution in [3.05, 3.63) is 22.1 Å². The van der Waals surface area contributed by atoms with Gasteiger partial charge in [0.1, 0.15) is 5.02 Å². The van der Waals surface area contributed by atoms with Gasteiger partial charge in [-0.1, -0.05) is 11.6 Å². The van der Waals surface area contributed by atoms with Gasteiger partial charge in [0.15, 0.2) is 0 Å². The lowest BCUT2D eigenvalue weighted by atomic mass is 10.4. The lowest BCUT2D eigenvalue weighted by Gasteiger charge is -1.78. The first kappa shape index (κ1) is 5.99. The molecule has 0 aliphatic carbocycles. The molecule has 44 valence electrons. The second-order valence-corrected chi connectivity index (χ2v) is 2.23. The van der Waals surface area contributed by atoms with Crippen molar-refractivity contribution in [1.82, 2.24) is 0 Å². The predicted octanol–water partition coefficient (Wildman–Crippen LogP) is 2.89. The second kappa shape index (κ2) is 2.00. The summed E-state index contributed by atoms with van der Waals surface area (Å²) in [5.41, 5.74) is 0.872. The van der Waals surface area contributed by atoms with Crippen molar-refractivity contribution in [1.29, 1.82) is 0 Å². The maximum atomic E-state index is 5.57. The summed E-state index contributed by atoms with van der Waals surface area (Å²) in [7, 11) is 0. The van der Waals surface area contributed by atoms with Gasteiger partial charge in [-0.3, -0.25) is 0 Å². The highest BCUT2D eigenvalue weighted by Gasteiger charge is 2.02. The van der Waals surface area contributed by atoms with E-state index < -0.39 is 0 Å². The van der Waals surface area contributed by atoms with Crippen molar-refractivity contribution < 1.29 is 4.42 Å². The molecule has 0 aromatic carbocycles. The van der Waals surface area contributed by atoms with Crippen LogP contribution in [0.1, 0.15) is 5.56 Å². The molecular formula is C5H4Cl2O. The Morgan fingerprint density at radius 2 is 2.12 bits per heavy atom. The fourth-order valence-corrected chi connectivity index (χ4v) is 0.681. The third-order valence-electron chi connectivity index (χ3n) is 0.858. The van der Waals surface area contributed by atoms with Crippen LogP contribution in [0.2, 0.25) is 10.2 Å². The van der Waals surface area contributed by atoms with Gasteiger partial charge in [0.05, 0.1) is 6.26 Å². The molecule has 0 radical (unpaired) electrons. The van der Waals surface area contributed by atoms with Gasteiger partial charge in [0.25, 0.3) is 0 Å². The summed E-state index contributed by atoms with van der Waals surface area (Å²) in [5, 5.41) is 0.774. The molecule has 1 heterocycles. The van der Waals surface area contributed by atoms with Gasteiger partial charge in [-0.2, -0.15) is 0 Å². The van der Waals surface area contributed by atoms with E-state index in [1.54, 1.807) is 0 Å². The van der Waals surface area contributed by atoms with E-state index in [-0.39, 0.29) is 5.22 Å². The largest absolute Gasteiger partial charge is 0.451 e. The Labute approximate surface area is 57.2 Å². The SMILES string of the molecule is Cc1coc(Cl)c1Cl. The Balaban J connectivity index is 3.19. The fraction of sp³-hybridized carbons (Fsp3) is 0.200. The van der Waals surface area contributed by atoms with Gasteiger partial charge in [-0.25, -0.2) is 0 Å². The molecule has 0 fully saturated rings. The smallest absolute Gasteiger partial charge is 0.211 e. The molecule has 1 aromatic rings. The van der Waals surface area contributed by atoms with Crippen LogP contribution >= 0.6 is 23.2 Å². The first-order valence-corrected chi connectivity index (χ1v) is 2.86. The third kappa shape index (κ3) is 0.837. The fourth-order valence-electron chi connectivity index (χ4n) is 0.399. The monoisotopic (exact) mass is 150 g/mol. The summed E-state index contributed by atoms with van der Waals surface area (Å²) in [6.45, 7) is 1.83. The van der Waals surface area contributed by atoms with E-state index in [4.69, 9.17) is 27.6 Å². The predicted molar refractivity (Wildman–Crippen MR) is 33.5 cm³/mol. The van der Waals surface area contributed by atoms with Crippen LogP contribution in [0.15, 0.2) is 10.7 Å². The van der Waals surface area contributed by atoms with Crippen molar-refractivity contribution in [3.8, 4) is 0 Å². The number of hydrogen-bond acceptors (Lipinski definition) is 1. The molecule has 0 atom stereocenters. The van der Waals surface area contributed by atoms with Crippen LogP contribution in [0, 0.1) is 6.92 Å².